The number of furan rings is 1. The first-order chi connectivity index (χ1) is 9.56. The smallest absolute Gasteiger partial charge is 0.289 e. The summed E-state index contributed by atoms with van der Waals surface area (Å²) < 4.78 is 7.26. The number of carbonyl (C=O) groups is 1. The van der Waals surface area contributed by atoms with Crippen LogP contribution in [0.2, 0.25) is 0 Å². The van der Waals surface area contributed by atoms with Gasteiger partial charge in [0.05, 0.1) is 12.6 Å². The molecule has 0 fully saturated rings. The van der Waals surface area contributed by atoms with Crippen molar-refractivity contribution in [2.45, 2.75) is 26.0 Å². The normalized spacial score (nSPS) is 12.3. The van der Waals surface area contributed by atoms with Gasteiger partial charge in [-0.1, -0.05) is 0 Å². The Balaban J connectivity index is 1.95. The molecule has 0 saturated heterocycles. The second-order valence-corrected chi connectivity index (χ2v) is 4.83. The third kappa shape index (κ3) is 3.71. The van der Waals surface area contributed by atoms with E-state index in [0.29, 0.717) is 31.0 Å². The molecule has 20 heavy (non-hydrogen) atoms. The van der Waals surface area contributed by atoms with Crippen LogP contribution in [0.4, 0.5) is 0 Å². The maximum absolute atomic E-state index is 12.1. The molecule has 2 aromatic rings. The van der Waals surface area contributed by atoms with E-state index in [1.165, 1.54) is 0 Å². The Morgan fingerprint density at radius 1 is 1.55 bits per heavy atom. The summed E-state index contributed by atoms with van der Waals surface area (Å²) in [4.78, 5) is 13.6. The molecule has 6 heteroatoms. The molecule has 0 aromatic carbocycles. The van der Waals surface area contributed by atoms with Crippen LogP contribution < -0.4 is 0 Å². The van der Waals surface area contributed by atoms with Crippen LogP contribution in [-0.2, 0) is 6.54 Å². The fourth-order valence-corrected chi connectivity index (χ4v) is 1.80. The molecule has 1 atom stereocenters. The van der Waals surface area contributed by atoms with E-state index in [1.807, 2.05) is 12.3 Å². The Morgan fingerprint density at radius 3 is 3.00 bits per heavy atom. The van der Waals surface area contributed by atoms with E-state index in [-0.39, 0.29) is 5.91 Å². The highest BCUT2D eigenvalue weighted by Gasteiger charge is 2.16. The molecular weight excluding hydrogens is 258 g/mol. The van der Waals surface area contributed by atoms with Crippen molar-refractivity contribution in [2.24, 2.45) is 0 Å². The second kappa shape index (κ2) is 6.38. The standard InChI is InChI=1S/C14H19N3O3/c1-11(18)6-9-16(2)14(19)13-5-4-12(20-13)10-17-8-3-7-15-17/h3-5,7-8,11,18H,6,9-10H2,1-2H3. The van der Waals surface area contributed by atoms with Gasteiger partial charge in [0.2, 0.25) is 0 Å². The largest absolute Gasteiger partial charge is 0.454 e. The minimum atomic E-state index is -0.419. The molecule has 1 unspecified atom stereocenters. The minimum absolute atomic E-state index is 0.183. The number of nitrogens with zero attached hydrogens (tertiary/aromatic N) is 3. The fourth-order valence-electron chi connectivity index (χ4n) is 1.80. The Hall–Kier alpha value is -2.08. The second-order valence-electron chi connectivity index (χ2n) is 4.83. The lowest BCUT2D eigenvalue weighted by Gasteiger charge is -2.16. The van der Waals surface area contributed by atoms with Gasteiger partial charge < -0.3 is 14.4 Å². The number of aromatic nitrogens is 2. The van der Waals surface area contributed by atoms with Crippen molar-refractivity contribution in [3.63, 3.8) is 0 Å². The third-order valence-electron chi connectivity index (χ3n) is 2.98. The van der Waals surface area contributed by atoms with Gasteiger partial charge in [0, 0.05) is 26.0 Å². The first-order valence-electron chi connectivity index (χ1n) is 6.56. The van der Waals surface area contributed by atoms with E-state index in [1.54, 1.807) is 41.9 Å². The molecule has 0 aliphatic rings. The summed E-state index contributed by atoms with van der Waals surface area (Å²) >= 11 is 0. The first kappa shape index (κ1) is 14.3. The molecule has 6 nitrogen and oxygen atoms in total. The van der Waals surface area contributed by atoms with Gasteiger partial charge >= 0.3 is 0 Å². The van der Waals surface area contributed by atoms with Gasteiger partial charge in [0.15, 0.2) is 5.76 Å². The number of hydrogen-bond acceptors (Lipinski definition) is 4. The van der Waals surface area contributed by atoms with Crippen molar-refractivity contribution in [3.8, 4) is 0 Å². The Bertz CT molecular complexity index is 546. The molecule has 1 amide bonds. The Morgan fingerprint density at radius 2 is 2.35 bits per heavy atom. The molecule has 2 aromatic heterocycles. The van der Waals surface area contributed by atoms with Crippen LogP contribution in [0.25, 0.3) is 0 Å². The van der Waals surface area contributed by atoms with E-state index < -0.39 is 6.10 Å². The third-order valence-corrected chi connectivity index (χ3v) is 2.98. The topological polar surface area (TPSA) is 71.5 Å². The van der Waals surface area contributed by atoms with E-state index in [4.69, 9.17) is 4.42 Å². The summed E-state index contributed by atoms with van der Waals surface area (Å²) in [5.74, 6) is 0.804. The van der Waals surface area contributed by atoms with Gasteiger partial charge in [-0.25, -0.2) is 0 Å². The predicted molar refractivity (Wildman–Crippen MR) is 73.3 cm³/mol. The monoisotopic (exact) mass is 277 g/mol. The van der Waals surface area contributed by atoms with Gasteiger partial charge in [-0.05, 0) is 31.5 Å². The van der Waals surface area contributed by atoms with Crippen molar-refractivity contribution >= 4 is 5.91 Å². The number of rotatable bonds is 6. The first-order valence-corrected chi connectivity index (χ1v) is 6.56. The van der Waals surface area contributed by atoms with Crippen LogP contribution in [0.1, 0.15) is 29.7 Å². The van der Waals surface area contributed by atoms with E-state index >= 15 is 0 Å². The van der Waals surface area contributed by atoms with Gasteiger partial charge in [0.1, 0.15) is 5.76 Å². The fraction of sp³-hybridized carbons (Fsp3) is 0.429. The number of aliphatic hydroxyl groups excluding tert-OH is 1. The average molecular weight is 277 g/mol. The highest BCUT2D eigenvalue weighted by Crippen LogP contribution is 2.11. The molecule has 2 heterocycles. The molecule has 108 valence electrons. The SMILES string of the molecule is CC(O)CCN(C)C(=O)c1ccc(Cn2cccn2)o1. The van der Waals surface area contributed by atoms with Crippen LogP contribution in [0.15, 0.2) is 35.0 Å². The lowest BCUT2D eigenvalue weighted by molar-refractivity contribution is 0.0735. The molecular formula is C14H19N3O3. The predicted octanol–water partition coefficient (Wildman–Crippen LogP) is 1.37. The summed E-state index contributed by atoms with van der Waals surface area (Å²) in [7, 11) is 1.69. The highest BCUT2D eigenvalue weighted by molar-refractivity contribution is 5.91. The summed E-state index contributed by atoms with van der Waals surface area (Å²) in [6.45, 7) is 2.69. The van der Waals surface area contributed by atoms with E-state index in [9.17, 15) is 9.90 Å². The molecule has 0 aliphatic heterocycles. The minimum Gasteiger partial charge on any atom is -0.454 e. The zero-order valence-corrected chi connectivity index (χ0v) is 11.7. The van der Waals surface area contributed by atoms with E-state index in [0.717, 1.165) is 0 Å². The number of carbonyl (C=O) groups excluding carboxylic acids is 1. The molecule has 1 N–H and O–H groups in total. The van der Waals surface area contributed by atoms with Gasteiger partial charge in [-0.15, -0.1) is 0 Å². The van der Waals surface area contributed by atoms with Crippen LogP contribution in [0.5, 0.6) is 0 Å². The summed E-state index contributed by atoms with van der Waals surface area (Å²) in [5, 5.41) is 13.3. The number of hydrogen-bond donors (Lipinski definition) is 1. The average Bonchev–Trinajstić information content (AvgIpc) is 3.07. The number of amides is 1. The Labute approximate surface area is 117 Å². The van der Waals surface area contributed by atoms with Crippen LogP contribution in [-0.4, -0.2) is 45.4 Å². The molecule has 2 rings (SSSR count). The number of aliphatic hydroxyl groups is 1. The highest BCUT2D eigenvalue weighted by atomic mass is 16.4. The molecule has 0 radical (unpaired) electrons. The molecule has 0 aliphatic carbocycles. The zero-order chi connectivity index (χ0) is 14.5. The van der Waals surface area contributed by atoms with Crippen molar-refractivity contribution in [3.05, 3.63) is 42.1 Å². The van der Waals surface area contributed by atoms with Crippen LogP contribution >= 0.6 is 0 Å². The van der Waals surface area contributed by atoms with Gasteiger partial charge in [-0.3, -0.25) is 9.48 Å². The van der Waals surface area contributed by atoms with Crippen LogP contribution in [0, 0.1) is 0 Å². The van der Waals surface area contributed by atoms with Gasteiger partial charge in [-0.2, -0.15) is 5.10 Å². The van der Waals surface area contributed by atoms with E-state index in [2.05, 4.69) is 5.10 Å². The van der Waals surface area contributed by atoms with Gasteiger partial charge in [0.25, 0.3) is 5.91 Å². The lowest BCUT2D eigenvalue weighted by atomic mass is 10.2. The van der Waals surface area contributed by atoms with Crippen molar-refractivity contribution in [2.75, 3.05) is 13.6 Å². The summed E-state index contributed by atoms with van der Waals surface area (Å²) in [6, 6.07) is 5.27. The molecule has 0 bridgehead atoms. The maximum Gasteiger partial charge on any atom is 0.289 e. The zero-order valence-electron chi connectivity index (χ0n) is 11.7. The summed E-state index contributed by atoms with van der Waals surface area (Å²) in [6.07, 6.45) is 3.65. The van der Waals surface area contributed by atoms with Crippen LogP contribution in [0.3, 0.4) is 0 Å². The van der Waals surface area contributed by atoms with Crippen molar-refractivity contribution in [1.29, 1.82) is 0 Å². The lowest BCUT2D eigenvalue weighted by Crippen LogP contribution is -2.29. The molecule has 0 spiro atoms. The Kier molecular flexibility index (Phi) is 4.57. The maximum atomic E-state index is 12.1. The molecule has 0 saturated carbocycles. The summed E-state index contributed by atoms with van der Waals surface area (Å²) in [5.41, 5.74) is 0. The quantitative estimate of drug-likeness (QED) is 0.865. The van der Waals surface area contributed by atoms with Crippen molar-refractivity contribution < 1.29 is 14.3 Å². The van der Waals surface area contributed by atoms with Crippen molar-refractivity contribution in [1.82, 2.24) is 14.7 Å².